The van der Waals surface area contributed by atoms with Crippen molar-refractivity contribution >= 4 is 5.97 Å². The van der Waals surface area contributed by atoms with E-state index >= 15 is 0 Å². The molecule has 1 heterocycles. The molecule has 1 N–H and O–H groups in total. The van der Waals surface area contributed by atoms with Gasteiger partial charge in [-0.1, -0.05) is 12.1 Å². The van der Waals surface area contributed by atoms with Gasteiger partial charge >= 0.3 is 5.97 Å². The summed E-state index contributed by atoms with van der Waals surface area (Å²) in [6.07, 6.45) is 1.55. The number of aromatic nitrogens is 2. The molecule has 5 nitrogen and oxygen atoms in total. The van der Waals surface area contributed by atoms with Crippen molar-refractivity contribution in [2.75, 3.05) is 6.61 Å². The molecule has 0 saturated heterocycles. The quantitative estimate of drug-likeness (QED) is 0.896. The van der Waals surface area contributed by atoms with Gasteiger partial charge in [0.25, 0.3) is 0 Å². The average molecular weight is 260 g/mol. The zero-order valence-electron chi connectivity index (χ0n) is 11.0. The number of benzene rings is 1. The van der Waals surface area contributed by atoms with Crippen LogP contribution in [0.15, 0.2) is 30.5 Å². The maximum absolute atomic E-state index is 10.8. The molecule has 100 valence electrons. The number of aromatic carboxylic acids is 1. The maximum atomic E-state index is 10.8. The molecule has 2 aromatic rings. The van der Waals surface area contributed by atoms with Crippen molar-refractivity contribution in [1.29, 1.82) is 0 Å². The Labute approximate surface area is 111 Å². The molecule has 0 atom stereocenters. The zero-order chi connectivity index (χ0) is 13.8. The molecule has 1 aromatic carbocycles. The van der Waals surface area contributed by atoms with Crippen molar-refractivity contribution in [3.8, 4) is 5.75 Å². The smallest absolute Gasteiger partial charge is 0.356 e. The number of carboxylic acid groups (broad SMARTS) is 1. The first-order valence-corrected chi connectivity index (χ1v) is 6.09. The molecule has 19 heavy (non-hydrogen) atoms. The van der Waals surface area contributed by atoms with E-state index < -0.39 is 5.97 Å². The number of aryl methyl sites for hydroxylation is 1. The lowest BCUT2D eigenvalue weighted by molar-refractivity contribution is 0.0691. The number of rotatable bonds is 5. The fourth-order valence-electron chi connectivity index (χ4n) is 1.83. The Bertz CT molecular complexity index is 573. The van der Waals surface area contributed by atoms with Crippen molar-refractivity contribution in [3.05, 3.63) is 47.5 Å². The molecule has 1 aromatic heterocycles. The van der Waals surface area contributed by atoms with E-state index in [4.69, 9.17) is 9.84 Å². The van der Waals surface area contributed by atoms with Gasteiger partial charge in [0.15, 0.2) is 5.69 Å². The van der Waals surface area contributed by atoms with Crippen LogP contribution in [0.3, 0.4) is 0 Å². The van der Waals surface area contributed by atoms with Crippen molar-refractivity contribution in [2.45, 2.75) is 20.4 Å². The van der Waals surface area contributed by atoms with Gasteiger partial charge in [-0.3, -0.25) is 0 Å². The SMILES string of the molecule is CCOc1ccc(Cn2cc(C(=O)O)nc2C)cc1. The highest BCUT2D eigenvalue weighted by Crippen LogP contribution is 2.14. The second kappa shape index (κ2) is 5.56. The van der Waals surface area contributed by atoms with Crippen LogP contribution in [0.25, 0.3) is 0 Å². The highest BCUT2D eigenvalue weighted by Gasteiger charge is 2.10. The van der Waals surface area contributed by atoms with Crippen LogP contribution >= 0.6 is 0 Å². The lowest BCUT2D eigenvalue weighted by Gasteiger charge is -2.07. The van der Waals surface area contributed by atoms with Gasteiger partial charge in [-0.2, -0.15) is 0 Å². The topological polar surface area (TPSA) is 64.3 Å². The van der Waals surface area contributed by atoms with Crippen LogP contribution in [0.2, 0.25) is 0 Å². The molecule has 0 unspecified atom stereocenters. The summed E-state index contributed by atoms with van der Waals surface area (Å²) in [6, 6.07) is 7.74. The van der Waals surface area contributed by atoms with Crippen molar-refractivity contribution in [3.63, 3.8) is 0 Å². The number of hydrogen-bond donors (Lipinski definition) is 1. The number of hydrogen-bond acceptors (Lipinski definition) is 3. The normalized spacial score (nSPS) is 10.4. The van der Waals surface area contributed by atoms with Gasteiger partial charge in [-0.25, -0.2) is 9.78 Å². The first-order chi connectivity index (χ1) is 9.10. The van der Waals surface area contributed by atoms with E-state index in [1.165, 1.54) is 0 Å². The average Bonchev–Trinajstić information content (AvgIpc) is 2.74. The Hall–Kier alpha value is -2.30. The molecule has 2 rings (SSSR count). The summed E-state index contributed by atoms with van der Waals surface area (Å²) in [5.41, 5.74) is 1.14. The van der Waals surface area contributed by atoms with Crippen LogP contribution in [0, 0.1) is 6.92 Å². The minimum Gasteiger partial charge on any atom is -0.494 e. The third-order valence-corrected chi connectivity index (χ3v) is 2.78. The molecular weight excluding hydrogens is 244 g/mol. The second-order valence-electron chi connectivity index (χ2n) is 4.18. The fourth-order valence-corrected chi connectivity index (χ4v) is 1.83. The summed E-state index contributed by atoms with van der Waals surface area (Å²) < 4.78 is 7.19. The summed E-state index contributed by atoms with van der Waals surface area (Å²) in [5, 5.41) is 8.89. The van der Waals surface area contributed by atoms with E-state index in [-0.39, 0.29) is 5.69 Å². The number of nitrogens with zero attached hydrogens (tertiary/aromatic N) is 2. The van der Waals surface area contributed by atoms with E-state index in [1.54, 1.807) is 13.1 Å². The Morgan fingerprint density at radius 1 is 1.37 bits per heavy atom. The van der Waals surface area contributed by atoms with E-state index in [0.29, 0.717) is 19.0 Å². The van der Waals surface area contributed by atoms with Gasteiger partial charge in [0.1, 0.15) is 11.6 Å². The molecule has 5 heteroatoms. The highest BCUT2D eigenvalue weighted by molar-refractivity contribution is 5.85. The van der Waals surface area contributed by atoms with Crippen LogP contribution in [-0.2, 0) is 6.54 Å². The van der Waals surface area contributed by atoms with Gasteiger partial charge in [0.05, 0.1) is 6.61 Å². The number of ether oxygens (including phenoxy) is 1. The van der Waals surface area contributed by atoms with Gasteiger partial charge in [0, 0.05) is 12.7 Å². The molecule has 0 saturated carbocycles. The van der Waals surface area contributed by atoms with Crippen LogP contribution in [0.1, 0.15) is 28.8 Å². The number of carbonyl (C=O) groups is 1. The fraction of sp³-hybridized carbons (Fsp3) is 0.286. The molecule has 0 aliphatic heterocycles. The molecular formula is C14H16N2O3. The largest absolute Gasteiger partial charge is 0.494 e. The van der Waals surface area contributed by atoms with Gasteiger partial charge in [-0.15, -0.1) is 0 Å². The minimum absolute atomic E-state index is 0.0726. The van der Waals surface area contributed by atoms with Crippen molar-refractivity contribution in [2.24, 2.45) is 0 Å². The van der Waals surface area contributed by atoms with Crippen LogP contribution in [0.4, 0.5) is 0 Å². The molecule has 0 radical (unpaired) electrons. The summed E-state index contributed by atoms with van der Waals surface area (Å²) in [5.74, 6) is 0.514. The summed E-state index contributed by atoms with van der Waals surface area (Å²) in [7, 11) is 0. The molecule has 0 aliphatic rings. The van der Waals surface area contributed by atoms with Gasteiger partial charge in [0.2, 0.25) is 0 Å². The lowest BCUT2D eigenvalue weighted by Crippen LogP contribution is -2.01. The Morgan fingerprint density at radius 2 is 2.05 bits per heavy atom. The second-order valence-corrected chi connectivity index (χ2v) is 4.18. The van der Waals surface area contributed by atoms with Gasteiger partial charge < -0.3 is 14.4 Å². The van der Waals surface area contributed by atoms with E-state index in [2.05, 4.69) is 4.98 Å². The number of carboxylic acids is 1. The van der Waals surface area contributed by atoms with E-state index in [0.717, 1.165) is 11.3 Å². The highest BCUT2D eigenvalue weighted by atomic mass is 16.5. The summed E-state index contributed by atoms with van der Waals surface area (Å²) >= 11 is 0. The predicted molar refractivity (Wildman–Crippen MR) is 70.6 cm³/mol. The molecule has 0 bridgehead atoms. The van der Waals surface area contributed by atoms with Gasteiger partial charge in [-0.05, 0) is 31.5 Å². The third-order valence-electron chi connectivity index (χ3n) is 2.78. The Morgan fingerprint density at radius 3 is 2.58 bits per heavy atom. The first kappa shape index (κ1) is 13.1. The monoisotopic (exact) mass is 260 g/mol. The third kappa shape index (κ3) is 3.13. The molecule has 0 aliphatic carbocycles. The van der Waals surface area contributed by atoms with E-state index in [1.807, 2.05) is 35.8 Å². The standard InChI is InChI=1S/C14H16N2O3/c1-3-19-12-6-4-11(5-7-12)8-16-9-13(14(17)18)15-10(16)2/h4-7,9H,3,8H2,1-2H3,(H,17,18). The summed E-state index contributed by atoms with van der Waals surface area (Å²) in [4.78, 5) is 14.8. The van der Waals surface area contributed by atoms with Crippen LogP contribution < -0.4 is 4.74 Å². The maximum Gasteiger partial charge on any atom is 0.356 e. The van der Waals surface area contributed by atoms with Crippen LogP contribution in [0.5, 0.6) is 5.75 Å². The van der Waals surface area contributed by atoms with E-state index in [9.17, 15) is 4.79 Å². The molecule has 0 amide bonds. The van der Waals surface area contributed by atoms with Crippen LogP contribution in [-0.4, -0.2) is 27.2 Å². The first-order valence-electron chi connectivity index (χ1n) is 6.09. The predicted octanol–water partition coefficient (Wildman–Crippen LogP) is 2.34. The molecule has 0 fully saturated rings. The lowest BCUT2D eigenvalue weighted by atomic mass is 10.2. The summed E-state index contributed by atoms with van der Waals surface area (Å²) in [6.45, 7) is 4.97. The Balaban J connectivity index is 2.14. The Kier molecular flexibility index (Phi) is 3.85. The van der Waals surface area contributed by atoms with Crippen molar-refractivity contribution in [1.82, 2.24) is 9.55 Å². The molecule has 0 spiro atoms. The van der Waals surface area contributed by atoms with Crippen molar-refractivity contribution < 1.29 is 14.6 Å². The minimum atomic E-state index is -1.01. The zero-order valence-corrected chi connectivity index (χ0v) is 11.0. The number of imidazole rings is 1.